The Bertz CT molecular complexity index is 772. The molecule has 0 fully saturated rings. The predicted octanol–water partition coefficient (Wildman–Crippen LogP) is 5.59. The van der Waals surface area contributed by atoms with Crippen molar-refractivity contribution in [3.8, 4) is 11.1 Å². The molecule has 0 saturated heterocycles. The van der Waals surface area contributed by atoms with E-state index in [0.717, 1.165) is 10.9 Å². The number of fused-ring (bicyclic) bond motifs is 1. The molecule has 0 saturated carbocycles. The summed E-state index contributed by atoms with van der Waals surface area (Å²) >= 11 is 3.50. The third-order valence-electron chi connectivity index (χ3n) is 4.20. The molecule has 108 valence electrons. The zero-order valence-corrected chi connectivity index (χ0v) is 14.2. The largest absolute Gasteiger partial charge is 0.240 e. The fourth-order valence-electron chi connectivity index (χ4n) is 2.87. The van der Waals surface area contributed by atoms with Crippen molar-refractivity contribution in [3.63, 3.8) is 0 Å². The van der Waals surface area contributed by atoms with Crippen molar-refractivity contribution >= 4 is 21.4 Å². The van der Waals surface area contributed by atoms with E-state index >= 15 is 0 Å². The second-order valence-corrected chi connectivity index (χ2v) is 6.50. The van der Waals surface area contributed by atoms with Crippen LogP contribution in [0.4, 0.5) is 0 Å². The lowest BCUT2D eigenvalue weighted by Gasteiger charge is -2.15. The van der Waals surface area contributed by atoms with Crippen molar-refractivity contribution < 1.29 is 0 Å². The van der Waals surface area contributed by atoms with Gasteiger partial charge < -0.3 is 0 Å². The summed E-state index contributed by atoms with van der Waals surface area (Å²) in [5.74, 6) is 0.527. The first kappa shape index (κ1) is 14.3. The third-order valence-corrected chi connectivity index (χ3v) is 4.73. The molecule has 3 aromatic rings. The Labute approximate surface area is 133 Å². The number of halogens is 1. The molecule has 1 atom stereocenters. The summed E-state index contributed by atoms with van der Waals surface area (Å²) in [6.45, 7) is 6.73. The molecule has 2 heterocycles. The van der Waals surface area contributed by atoms with Gasteiger partial charge in [-0.2, -0.15) is 5.10 Å². The van der Waals surface area contributed by atoms with E-state index in [1.54, 1.807) is 0 Å². The topological polar surface area (TPSA) is 17.3 Å². The SMILES string of the molecule is CCC(C)c1c(C)ccn2ncc(-c3ccc(Br)cc3)c12. The Morgan fingerprint density at radius 1 is 1.19 bits per heavy atom. The lowest BCUT2D eigenvalue weighted by Crippen LogP contribution is -2.01. The quantitative estimate of drug-likeness (QED) is 0.606. The van der Waals surface area contributed by atoms with Gasteiger partial charge in [-0.15, -0.1) is 0 Å². The molecule has 0 spiro atoms. The van der Waals surface area contributed by atoms with E-state index in [1.807, 2.05) is 10.7 Å². The van der Waals surface area contributed by atoms with Gasteiger partial charge in [0.25, 0.3) is 0 Å². The highest BCUT2D eigenvalue weighted by Crippen LogP contribution is 2.34. The number of pyridine rings is 1. The summed E-state index contributed by atoms with van der Waals surface area (Å²) < 4.78 is 3.10. The molecule has 1 aromatic carbocycles. The number of nitrogens with zero attached hydrogens (tertiary/aromatic N) is 2. The molecule has 0 bridgehead atoms. The van der Waals surface area contributed by atoms with Crippen LogP contribution in [0.25, 0.3) is 16.6 Å². The van der Waals surface area contributed by atoms with E-state index in [9.17, 15) is 0 Å². The highest BCUT2D eigenvalue weighted by molar-refractivity contribution is 9.10. The van der Waals surface area contributed by atoms with Crippen LogP contribution < -0.4 is 0 Å². The second-order valence-electron chi connectivity index (χ2n) is 5.58. The van der Waals surface area contributed by atoms with Crippen LogP contribution >= 0.6 is 15.9 Å². The van der Waals surface area contributed by atoms with Crippen LogP contribution in [0.1, 0.15) is 37.3 Å². The van der Waals surface area contributed by atoms with Gasteiger partial charge in [-0.3, -0.25) is 0 Å². The average Bonchev–Trinajstić information content (AvgIpc) is 2.91. The maximum absolute atomic E-state index is 4.54. The Kier molecular flexibility index (Phi) is 3.85. The average molecular weight is 343 g/mol. The van der Waals surface area contributed by atoms with Gasteiger partial charge in [-0.1, -0.05) is 41.9 Å². The Balaban J connectivity index is 2.29. The Hall–Kier alpha value is -1.61. The van der Waals surface area contributed by atoms with Crippen LogP contribution in [0.5, 0.6) is 0 Å². The lowest BCUT2D eigenvalue weighted by atomic mass is 9.92. The van der Waals surface area contributed by atoms with Gasteiger partial charge in [0.1, 0.15) is 0 Å². The molecule has 3 rings (SSSR count). The van der Waals surface area contributed by atoms with Crippen LogP contribution in [0.15, 0.2) is 47.2 Å². The van der Waals surface area contributed by atoms with Crippen LogP contribution in [-0.2, 0) is 0 Å². The second kappa shape index (κ2) is 5.64. The van der Waals surface area contributed by atoms with E-state index < -0.39 is 0 Å². The van der Waals surface area contributed by atoms with Gasteiger partial charge in [0, 0.05) is 16.2 Å². The van der Waals surface area contributed by atoms with E-state index in [1.165, 1.54) is 27.8 Å². The summed E-state index contributed by atoms with van der Waals surface area (Å²) in [6.07, 6.45) is 5.16. The highest BCUT2D eigenvalue weighted by Gasteiger charge is 2.16. The molecule has 0 aliphatic rings. The summed E-state index contributed by atoms with van der Waals surface area (Å²) in [6, 6.07) is 10.6. The molecule has 0 N–H and O–H groups in total. The Morgan fingerprint density at radius 3 is 2.57 bits per heavy atom. The Morgan fingerprint density at radius 2 is 1.90 bits per heavy atom. The van der Waals surface area contributed by atoms with E-state index in [-0.39, 0.29) is 0 Å². The number of rotatable bonds is 3. The minimum atomic E-state index is 0.527. The van der Waals surface area contributed by atoms with Crippen molar-refractivity contribution in [2.75, 3.05) is 0 Å². The first-order valence-electron chi connectivity index (χ1n) is 7.34. The molecule has 0 aliphatic heterocycles. The molecule has 21 heavy (non-hydrogen) atoms. The molecule has 1 unspecified atom stereocenters. The molecule has 2 aromatic heterocycles. The van der Waals surface area contributed by atoms with Crippen molar-refractivity contribution in [2.24, 2.45) is 0 Å². The van der Waals surface area contributed by atoms with Gasteiger partial charge in [0.2, 0.25) is 0 Å². The standard InChI is InChI=1S/C18H19BrN2/c1-4-12(2)17-13(3)9-10-21-18(17)16(11-20-21)14-5-7-15(19)8-6-14/h5-12H,4H2,1-3H3. The van der Waals surface area contributed by atoms with Gasteiger partial charge in [0.15, 0.2) is 0 Å². The molecule has 0 radical (unpaired) electrons. The van der Waals surface area contributed by atoms with E-state index in [0.29, 0.717) is 5.92 Å². The van der Waals surface area contributed by atoms with Gasteiger partial charge >= 0.3 is 0 Å². The number of aryl methyl sites for hydroxylation is 1. The summed E-state index contributed by atoms with van der Waals surface area (Å²) in [7, 11) is 0. The van der Waals surface area contributed by atoms with Gasteiger partial charge in [0.05, 0.1) is 11.7 Å². The van der Waals surface area contributed by atoms with Crippen molar-refractivity contribution in [2.45, 2.75) is 33.1 Å². The zero-order chi connectivity index (χ0) is 15.0. The monoisotopic (exact) mass is 342 g/mol. The minimum Gasteiger partial charge on any atom is -0.240 e. The van der Waals surface area contributed by atoms with Crippen LogP contribution in [0.3, 0.4) is 0 Å². The molecular weight excluding hydrogens is 324 g/mol. The first-order chi connectivity index (χ1) is 10.1. The first-order valence-corrected chi connectivity index (χ1v) is 8.14. The summed E-state index contributed by atoms with van der Waals surface area (Å²) in [5.41, 5.74) is 6.42. The van der Waals surface area contributed by atoms with Crippen molar-refractivity contribution in [1.82, 2.24) is 9.61 Å². The van der Waals surface area contributed by atoms with Crippen molar-refractivity contribution in [3.05, 3.63) is 58.3 Å². The molecule has 2 nitrogen and oxygen atoms in total. The normalized spacial score (nSPS) is 12.8. The van der Waals surface area contributed by atoms with Gasteiger partial charge in [-0.25, -0.2) is 4.52 Å². The fraction of sp³-hybridized carbons (Fsp3) is 0.278. The smallest absolute Gasteiger partial charge is 0.0777 e. The lowest BCUT2D eigenvalue weighted by molar-refractivity contribution is 0.727. The summed E-state index contributed by atoms with van der Waals surface area (Å²) in [5, 5.41) is 4.54. The molecule has 0 aliphatic carbocycles. The third kappa shape index (κ3) is 2.51. The predicted molar refractivity (Wildman–Crippen MR) is 91.8 cm³/mol. The zero-order valence-electron chi connectivity index (χ0n) is 12.6. The van der Waals surface area contributed by atoms with Crippen molar-refractivity contribution in [1.29, 1.82) is 0 Å². The maximum atomic E-state index is 4.54. The van der Waals surface area contributed by atoms with Crippen LogP contribution in [0.2, 0.25) is 0 Å². The minimum absolute atomic E-state index is 0.527. The number of benzene rings is 1. The number of hydrogen-bond donors (Lipinski definition) is 0. The molecular formula is C18H19BrN2. The van der Waals surface area contributed by atoms with E-state index in [2.05, 4.69) is 78.3 Å². The molecule has 3 heteroatoms. The summed E-state index contributed by atoms with van der Waals surface area (Å²) in [4.78, 5) is 0. The van der Waals surface area contributed by atoms with Crippen LogP contribution in [0, 0.1) is 6.92 Å². The van der Waals surface area contributed by atoms with E-state index in [4.69, 9.17) is 0 Å². The van der Waals surface area contributed by atoms with Gasteiger partial charge in [-0.05, 0) is 54.2 Å². The highest BCUT2D eigenvalue weighted by atomic mass is 79.9. The number of hydrogen-bond acceptors (Lipinski definition) is 1. The maximum Gasteiger partial charge on any atom is 0.0777 e. The molecule has 0 amide bonds. The fourth-order valence-corrected chi connectivity index (χ4v) is 3.13. The van der Waals surface area contributed by atoms with Crippen LogP contribution in [-0.4, -0.2) is 9.61 Å². The number of aromatic nitrogens is 2.